The summed E-state index contributed by atoms with van der Waals surface area (Å²) in [5, 5.41) is 14.3. The van der Waals surface area contributed by atoms with Crippen molar-refractivity contribution >= 4 is 17.5 Å². The van der Waals surface area contributed by atoms with Crippen LogP contribution in [0.25, 0.3) is 16.9 Å². The van der Waals surface area contributed by atoms with E-state index in [1.165, 1.54) is 0 Å². The molecule has 27 heavy (non-hydrogen) atoms. The van der Waals surface area contributed by atoms with Gasteiger partial charge < -0.3 is 4.90 Å². The monoisotopic (exact) mass is 376 g/mol. The highest BCUT2D eigenvalue weighted by Gasteiger charge is 2.36. The molecule has 0 N–H and O–H groups in total. The highest BCUT2D eigenvalue weighted by atomic mass is 35.5. The average Bonchev–Trinajstić information content (AvgIpc) is 3.19. The quantitative estimate of drug-likeness (QED) is 0.679. The van der Waals surface area contributed by atoms with E-state index in [1.807, 2.05) is 49.1 Å². The first-order chi connectivity index (χ1) is 13.0. The predicted octanol–water partition coefficient (Wildman–Crippen LogP) is 4.43. The molecule has 1 aliphatic rings. The van der Waals surface area contributed by atoms with Gasteiger partial charge >= 0.3 is 0 Å². The van der Waals surface area contributed by atoms with Gasteiger partial charge in [0.15, 0.2) is 5.69 Å². The number of benzene rings is 2. The second kappa shape index (κ2) is 6.57. The van der Waals surface area contributed by atoms with Crippen molar-refractivity contribution in [2.45, 2.75) is 26.4 Å². The average molecular weight is 377 g/mol. The van der Waals surface area contributed by atoms with Crippen LogP contribution in [0.4, 0.5) is 0 Å². The van der Waals surface area contributed by atoms with Crippen molar-refractivity contribution < 1.29 is 4.79 Å². The zero-order valence-electron chi connectivity index (χ0n) is 15.0. The number of para-hydroxylation sites is 1. The van der Waals surface area contributed by atoms with Gasteiger partial charge in [0.25, 0.3) is 5.91 Å². The zero-order chi connectivity index (χ0) is 19.1. The van der Waals surface area contributed by atoms with Crippen LogP contribution in [0.2, 0.25) is 5.02 Å². The van der Waals surface area contributed by atoms with E-state index in [1.54, 1.807) is 22.9 Å². The summed E-state index contributed by atoms with van der Waals surface area (Å²) >= 11 is 6.40. The highest BCUT2D eigenvalue weighted by Crippen LogP contribution is 2.36. The first-order valence-corrected chi connectivity index (χ1v) is 9.07. The SMILES string of the molecule is CC(C)N1Cc2c(nn(-c3ccccc3Cl)c2-c2ccc(C#N)cc2)C1=O. The van der Waals surface area contributed by atoms with Crippen molar-refractivity contribution in [3.05, 3.63) is 70.4 Å². The smallest absolute Gasteiger partial charge is 0.275 e. The maximum Gasteiger partial charge on any atom is 0.275 e. The molecule has 5 nitrogen and oxygen atoms in total. The molecule has 2 aromatic carbocycles. The van der Waals surface area contributed by atoms with Gasteiger partial charge in [-0.1, -0.05) is 35.9 Å². The number of hydrogen-bond acceptors (Lipinski definition) is 3. The van der Waals surface area contributed by atoms with Gasteiger partial charge in [0.1, 0.15) is 0 Å². The second-order valence-electron chi connectivity index (χ2n) is 6.75. The third-order valence-electron chi connectivity index (χ3n) is 4.77. The Hall–Kier alpha value is -3.10. The standard InChI is InChI=1S/C21H17ClN4O/c1-13(2)25-12-16-19(21(25)27)24-26(18-6-4-3-5-17(18)22)20(16)15-9-7-14(11-23)8-10-15/h3-10,13H,12H2,1-2H3. The summed E-state index contributed by atoms with van der Waals surface area (Å²) in [4.78, 5) is 14.6. The van der Waals surface area contributed by atoms with Crippen molar-refractivity contribution in [1.82, 2.24) is 14.7 Å². The summed E-state index contributed by atoms with van der Waals surface area (Å²) < 4.78 is 1.74. The molecule has 0 atom stereocenters. The van der Waals surface area contributed by atoms with Gasteiger partial charge in [-0.3, -0.25) is 4.79 Å². The van der Waals surface area contributed by atoms with Crippen LogP contribution in [0.1, 0.15) is 35.5 Å². The van der Waals surface area contributed by atoms with E-state index in [9.17, 15) is 4.79 Å². The summed E-state index contributed by atoms with van der Waals surface area (Å²) in [5.41, 5.74) is 4.37. The molecule has 6 heteroatoms. The third kappa shape index (κ3) is 2.79. The van der Waals surface area contributed by atoms with Crippen molar-refractivity contribution in [2.24, 2.45) is 0 Å². The largest absolute Gasteiger partial charge is 0.330 e. The van der Waals surface area contributed by atoms with Gasteiger partial charge in [-0.2, -0.15) is 10.4 Å². The number of nitriles is 1. The molecular weight excluding hydrogens is 360 g/mol. The van der Waals surface area contributed by atoms with Gasteiger partial charge in [0.2, 0.25) is 0 Å². The Morgan fingerprint density at radius 3 is 2.48 bits per heavy atom. The molecule has 0 spiro atoms. The van der Waals surface area contributed by atoms with E-state index in [-0.39, 0.29) is 11.9 Å². The van der Waals surface area contributed by atoms with E-state index in [0.29, 0.717) is 22.8 Å². The lowest BCUT2D eigenvalue weighted by molar-refractivity contribution is 0.0724. The summed E-state index contributed by atoms with van der Waals surface area (Å²) in [5.74, 6) is -0.0688. The lowest BCUT2D eigenvalue weighted by Crippen LogP contribution is -2.31. The molecule has 134 valence electrons. The van der Waals surface area contributed by atoms with E-state index in [4.69, 9.17) is 16.9 Å². The van der Waals surface area contributed by atoms with Gasteiger partial charge in [-0.15, -0.1) is 0 Å². The molecule has 0 bridgehead atoms. The Bertz CT molecular complexity index is 1080. The van der Waals surface area contributed by atoms with Crippen molar-refractivity contribution in [2.75, 3.05) is 0 Å². The number of halogens is 1. The molecule has 1 amide bonds. The van der Waals surface area contributed by atoms with E-state index < -0.39 is 0 Å². The minimum absolute atomic E-state index is 0.0688. The number of fused-ring (bicyclic) bond motifs is 1. The zero-order valence-corrected chi connectivity index (χ0v) is 15.7. The van der Waals surface area contributed by atoms with Crippen LogP contribution in [0.5, 0.6) is 0 Å². The van der Waals surface area contributed by atoms with Gasteiger partial charge in [-0.25, -0.2) is 4.68 Å². The Morgan fingerprint density at radius 1 is 1.15 bits per heavy atom. The Morgan fingerprint density at radius 2 is 1.85 bits per heavy atom. The van der Waals surface area contributed by atoms with Crippen LogP contribution in [0.15, 0.2) is 48.5 Å². The number of carbonyl (C=O) groups excluding carboxylic acids is 1. The normalized spacial score (nSPS) is 13.1. The van der Waals surface area contributed by atoms with E-state index in [2.05, 4.69) is 11.2 Å². The molecule has 1 aliphatic heterocycles. The fourth-order valence-electron chi connectivity index (χ4n) is 3.36. The second-order valence-corrected chi connectivity index (χ2v) is 7.16. The van der Waals surface area contributed by atoms with Crippen LogP contribution >= 0.6 is 11.6 Å². The van der Waals surface area contributed by atoms with Gasteiger partial charge in [0.05, 0.1) is 34.6 Å². The number of rotatable bonds is 3. The molecule has 0 radical (unpaired) electrons. The van der Waals surface area contributed by atoms with Crippen LogP contribution in [0.3, 0.4) is 0 Å². The van der Waals surface area contributed by atoms with Crippen LogP contribution in [0, 0.1) is 11.3 Å². The maximum atomic E-state index is 12.8. The number of amides is 1. The molecular formula is C21H17ClN4O. The Labute approximate surface area is 162 Å². The van der Waals surface area contributed by atoms with E-state index >= 15 is 0 Å². The molecule has 0 saturated heterocycles. The number of nitrogens with zero attached hydrogens (tertiary/aromatic N) is 4. The van der Waals surface area contributed by atoms with Gasteiger partial charge in [-0.05, 0) is 38.1 Å². The molecule has 0 aliphatic carbocycles. The minimum Gasteiger partial charge on any atom is -0.330 e. The molecule has 1 aromatic heterocycles. The predicted molar refractivity (Wildman–Crippen MR) is 104 cm³/mol. The molecule has 2 heterocycles. The molecule has 4 rings (SSSR count). The highest BCUT2D eigenvalue weighted by molar-refractivity contribution is 6.32. The number of hydrogen-bond donors (Lipinski definition) is 0. The lowest BCUT2D eigenvalue weighted by Gasteiger charge is -2.21. The van der Waals surface area contributed by atoms with Crippen LogP contribution in [-0.2, 0) is 6.54 Å². The lowest BCUT2D eigenvalue weighted by atomic mass is 10.0. The minimum atomic E-state index is -0.0688. The maximum absolute atomic E-state index is 12.8. The van der Waals surface area contributed by atoms with E-state index in [0.717, 1.165) is 22.5 Å². The first-order valence-electron chi connectivity index (χ1n) is 8.69. The molecule has 3 aromatic rings. The summed E-state index contributed by atoms with van der Waals surface area (Å²) in [6.07, 6.45) is 0. The molecule has 0 fully saturated rings. The first kappa shape index (κ1) is 17.3. The van der Waals surface area contributed by atoms with Crippen molar-refractivity contribution in [1.29, 1.82) is 5.26 Å². The topological polar surface area (TPSA) is 61.9 Å². The summed E-state index contributed by atoms with van der Waals surface area (Å²) in [6.45, 7) is 4.49. The third-order valence-corrected chi connectivity index (χ3v) is 5.09. The van der Waals surface area contributed by atoms with Crippen LogP contribution in [-0.4, -0.2) is 26.6 Å². The molecule has 0 unspecified atom stereocenters. The Kier molecular flexibility index (Phi) is 4.21. The van der Waals surface area contributed by atoms with Crippen LogP contribution < -0.4 is 0 Å². The molecule has 0 saturated carbocycles. The Balaban J connectivity index is 1.95. The summed E-state index contributed by atoms with van der Waals surface area (Å²) in [6, 6.07) is 16.9. The fourth-order valence-corrected chi connectivity index (χ4v) is 3.58. The fraction of sp³-hybridized carbons (Fsp3) is 0.190. The number of aromatic nitrogens is 2. The van der Waals surface area contributed by atoms with Crippen molar-refractivity contribution in [3.8, 4) is 23.0 Å². The summed E-state index contributed by atoms with van der Waals surface area (Å²) in [7, 11) is 0. The number of carbonyl (C=O) groups is 1. The van der Waals surface area contributed by atoms with Gasteiger partial charge in [0, 0.05) is 17.2 Å². The van der Waals surface area contributed by atoms with Crippen molar-refractivity contribution in [3.63, 3.8) is 0 Å².